The molecule has 0 spiro atoms. The molecule has 2 amide bonds. The van der Waals surface area contributed by atoms with Crippen molar-refractivity contribution in [3.8, 4) is 28.4 Å². The van der Waals surface area contributed by atoms with Crippen molar-refractivity contribution in [3.05, 3.63) is 53.7 Å². The summed E-state index contributed by atoms with van der Waals surface area (Å²) in [6.07, 6.45) is 1.65. The number of nitrogens with one attached hydrogen (secondary N) is 3. The molecule has 2 heterocycles. The molecule has 0 atom stereocenters. The largest absolute Gasteiger partial charge is 0.491 e. The van der Waals surface area contributed by atoms with Crippen molar-refractivity contribution in [2.24, 2.45) is 0 Å². The van der Waals surface area contributed by atoms with Gasteiger partial charge in [0, 0.05) is 23.6 Å². The molecule has 140 valence electrons. The third kappa shape index (κ3) is 3.21. The zero-order valence-corrected chi connectivity index (χ0v) is 15.4. The minimum Gasteiger partial charge on any atom is -0.491 e. The highest BCUT2D eigenvalue weighted by molar-refractivity contribution is 6.35. The SMILES string of the molecule is CNC(=O)Nc1nc(-c2ccccc2)c(-c2cc(Cl)c3[nH]ncc3c2)nc1O. The Morgan fingerprint density at radius 3 is 2.61 bits per heavy atom. The van der Waals surface area contributed by atoms with E-state index in [1.165, 1.54) is 7.05 Å². The Morgan fingerprint density at radius 2 is 1.86 bits per heavy atom. The van der Waals surface area contributed by atoms with Crippen LogP contribution in [0.2, 0.25) is 5.02 Å². The molecule has 4 aromatic rings. The monoisotopic (exact) mass is 394 g/mol. The van der Waals surface area contributed by atoms with Gasteiger partial charge >= 0.3 is 6.03 Å². The van der Waals surface area contributed by atoms with Crippen LogP contribution in [0.5, 0.6) is 5.88 Å². The fraction of sp³-hybridized carbons (Fsp3) is 0.0526. The van der Waals surface area contributed by atoms with Gasteiger partial charge in [-0.25, -0.2) is 14.8 Å². The fourth-order valence-corrected chi connectivity index (χ4v) is 3.10. The van der Waals surface area contributed by atoms with Crippen LogP contribution >= 0.6 is 11.6 Å². The summed E-state index contributed by atoms with van der Waals surface area (Å²) in [5.41, 5.74) is 3.06. The molecule has 4 N–H and O–H groups in total. The van der Waals surface area contributed by atoms with E-state index >= 15 is 0 Å². The lowest BCUT2D eigenvalue weighted by Crippen LogP contribution is -2.25. The van der Waals surface area contributed by atoms with Crippen molar-refractivity contribution >= 4 is 34.4 Å². The van der Waals surface area contributed by atoms with Crippen molar-refractivity contribution < 1.29 is 9.90 Å². The van der Waals surface area contributed by atoms with Gasteiger partial charge in [-0.05, 0) is 12.1 Å². The summed E-state index contributed by atoms with van der Waals surface area (Å²) < 4.78 is 0. The second-order valence-corrected chi connectivity index (χ2v) is 6.36. The summed E-state index contributed by atoms with van der Waals surface area (Å²) in [4.78, 5) is 20.4. The van der Waals surface area contributed by atoms with Gasteiger partial charge in [0.1, 0.15) is 5.69 Å². The van der Waals surface area contributed by atoms with Gasteiger partial charge in [0.05, 0.1) is 22.4 Å². The quantitative estimate of drug-likeness (QED) is 0.422. The molecule has 0 radical (unpaired) electrons. The number of carbonyl (C=O) groups is 1. The van der Waals surface area contributed by atoms with Gasteiger partial charge in [-0.2, -0.15) is 5.10 Å². The average Bonchev–Trinajstić information content (AvgIpc) is 3.19. The summed E-state index contributed by atoms with van der Waals surface area (Å²) in [5.74, 6) is -0.445. The van der Waals surface area contributed by atoms with E-state index < -0.39 is 11.9 Å². The van der Waals surface area contributed by atoms with Crippen molar-refractivity contribution in [3.63, 3.8) is 0 Å². The Balaban J connectivity index is 1.94. The number of urea groups is 1. The predicted molar refractivity (Wildman–Crippen MR) is 107 cm³/mol. The molecular formula is C19H15ClN6O2. The van der Waals surface area contributed by atoms with Gasteiger partial charge in [0.2, 0.25) is 0 Å². The van der Waals surface area contributed by atoms with Crippen molar-refractivity contribution in [2.45, 2.75) is 0 Å². The van der Waals surface area contributed by atoms with E-state index in [-0.39, 0.29) is 5.82 Å². The third-order valence-electron chi connectivity index (χ3n) is 4.16. The normalized spacial score (nSPS) is 10.8. The van der Waals surface area contributed by atoms with E-state index in [1.54, 1.807) is 12.3 Å². The number of fused-ring (bicyclic) bond motifs is 1. The van der Waals surface area contributed by atoms with E-state index in [1.807, 2.05) is 36.4 Å². The molecule has 0 bridgehead atoms. The van der Waals surface area contributed by atoms with Crippen LogP contribution in [-0.4, -0.2) is 38.4 Å². The second kappa shape index (κ2) is 7.16. The summed E-state index contributed by atoms with van der Waals surface area (Å²) >= 11 is 6.36. The Hall–Kier alpha value is -3.65. The standard InChI is InChI=1S/C19H15ClN6O2/c1-21-19(28)25-17-18(27)24-16(15(23-17)10-5-3-2-4-6-10)11-7-12-9-22-26-14(12)13(20)8-11/h2-9H,1H3,(H,22,26)(H,24,27)(H2,21,23,25,28). The Labute approximate surface area is 164 Å². The lowest BCUT2D eigenvalue weighted by atomic mass is 10.0. The molecule has 2 aromatic carbocycles. The highest BCUT2D eigenvalue weighted by Crippen LogP contribution is 2.36. The number of carbonyl (C=O) groups excluding carboxylic acids is 1. The summed E-state index contributed by atoms with van der Waals surface area (Å²) in [5, 5.41) is 23.3. The number of halogens is 1. The summed E-state index contributed by atoms with van der Waals surface area (Å²) in [7, 11) is 1.47. The molecule has 0 saturated heterocycles. The molecule has 0 aliphatic heterocycles. The van der Waals surface area contributed by atoms with Crippen LogP contribution in [0.4, 0.5) is 10.6 Å². The van der Waals surface area contributed by atoms with E-state index in [9.17, 15) is 9.90 Å². The Morgan fingerprint density at radius 1 is 1.11 bits per heavy atom. The van der Waals surface area contributed by atoms with Crippen LogP contribution in [0, 0.1) is 0 Å². The number of anilines is 1. The molecule has 4 rings (SSSR count). The Bertz CT molecular complexity index is 1180. The smallest absolute Gasteiger partial charge is 0.320 e. The van der Waals surface area contributed by atoms with Crippen LogP contribution < -0.4 is 10.6 Å². The number of aromatic hydroxyl groups is 1. The van der Waals surface area contributed by atoms with Crippen molar-refractivity contribution in [1.82, 2.24) is 25.5 Å². The Kier molecular flexibility index (Phi) is 4.54. The summed E-state index contributed by atoms with van der Waals surface area (Å²) in [6.45, 7) is 0. The number of rotatable bonds is 3. The first-order valence-electron chi connectivity index (χ1n) is 8.35. The number of benzene rings is 2. The number of amides is 2. The van der Waals surface area contributed by atoms with Crippen LogP contribution in [0.1, 0.15) is 0 Å². The molecule has 0 saturated carbocycles. The zero-order valence-electron chi connectivity index (χ0n) is 14.7. The first-order chi connectivity index (χ1) is 13.6. The maximum Gasteiger partial charge on any atom is 0.320 e. The minimum absolute atomic E-state index is 0.0440. The first kappa shape index (κ1) is 17.7. The first-order valence-corrected chi connectivity index (χ1v) is 8.72. The molecule has 0 aliphatic rings. The minimum atomic E-state index is -0.515. The number of hydrogen-bond donors (Lipinski definition) is 4. The van der Waals surface area contributed by atoms with Crippen LogP contribution in [0.25, 0.3) is 33.4 Å². The zero-order chi connectivity index (χ0) is 19.7. The van der Waals surface area contributed by atoms with Gasteiger partial charge in [-0.1, -0.05) is 41.9 Å². The molecular weight excluding hydrogens is 380 g/mol. The summed E-state index contributed by atoms with van der Waals surface area (Å²) in [6, 6.07) is 12.4. The predicted octanol–water partition coefficient (Wildman–Crippen LogP) is 3.80. The van der Waals surface area contributed by atoms with Crippen LogP contribution in [-0.2, 0) is 0 Å². The van der Waals surface area contributed by atoms with Gasteiger partial charge in [0.25, 0.3) is 5.88 Å². The second-order valence-electron chi connectivity index (χ2n) is 5.96. The highest BCUT2D eigenvalue weighted by atomic mass is 35.5. The number of H-pyrrole nitrogens is 1. The lowest BCUT2D eigenvalue weighted by Gasteiger charge is -2.13. The van der Waals surface area contributed by atoms with Gasteiger partial charge in [0.15, 0.2) is 5.82 Å². The van der Waals surface area contributed by atoms with Crippen LogP contribution in [0.15, 0.2) is 48.7 Å². The van der Waals surface area contributed by atoms with E-state index in [0.29, 0.717) is 27.5 Å². The number of hydrogen-bond acceptors (Lipinski definition) is 5. The molecule has 0 fully saturated rings. The maximum atomic E-state index is 11.7. The van der Waals surface area contributed by atoms with Gasteiger partial charge < -0.3 is 10.4 Å². The van der Waals surface area contributed by atoms with E-state index in [2.05, 4.69) is 30.8 Å². The highest BCUT2D eigenvalue weighted by Gasteiger charge is 2.19. The van der Waals surface area contributed by atoms with Crippen molar-refractivity contribution in [1.29, 1.82) is 0 Å². The maximum absolute atomic E-state index is 11.7. The number of aromatic amines is 1. The van der Waals surface area contributed by atoms with E-state index in [4.69, 9.17) is 11.6 Å². The molecule has 2 aromatic heterocycles. The molecule has 9 heteroatoms. The third-order valence-corrected chi connectivity index (χ3v) is 4.46. The van der Waals surface area contributed by atoms with Gasteiger partial charge in [-0.3, -0.25) is 10.4 Å². The topological polar surface area (TPSA) is 116 Å². The molecule has 28 heavy (non-hydrogen) atoms. The molecule has 0 unspecified atom stereocenters. The van der Waals surface area contributed by atoms with Gasteiger partial charge in [-0.15, -0.1) is 0 Å². The molecule has 8 nitrogen and oxygen atoms in total. The lowest BCUT2D eigenvalue weighted by molar-refractivity contribution is 0.253. The average molecular weight is 395 g/mol. The van der Waals surface area contributed by atoms with Crippen molar-refractivity contribution in [2.75, 3.05) is 12.4 Å². The number of aromatic nitrogens is 4. The van der Waals surface area contributed by atoms with Crippen LogP contribution in [0.3, 0.4) is 0 Å². The van der Waals surface area contributed by atoms with E-state index in [0.717, 1.165) is 10.9 Å². The fourth-order valence-electron chi connectivity index (χ4n) is 2.83. The number of nitrogens with zero attached hydrogens (tertiary/aromatic N) is 3. The molecule has 0 aliphatic carbocycles.